The zero-order valence-corrected chi connectivity index (χ0v) is 15.2. The van der Waals surface area contributed by atoms with Gasteiger partial charge in [0.05, 0.1) is 13.2 Å². The number of nitrogens with two attached hydrogens (primary N) is 1. The molecule has 2 aromatic heterocycles. The van der Waals surface area contributed by atoms with Gasteiger partial charge in [0.1, 0.15) is 10.6 Å². The number of morpholine rings is 1. The Morgan fingerprint density at radius 2 is 1.81 bits per heavy atom. The molecule has 0 atom stereocenters. The van der Waals surface area contributed by atoms with Crippen molar-refractivity contribution in [3.63, 3.8) is 0 Å². The van der Waals surface area contributed by atoms with Gasteiger partial charge in [-0.1, -0.05) is 6.07 Å². The van der Waals surface area contributed by atoms with E-state index in [0.717, 1.165) is 11.1 Å². The van der Waals surface area contributed by atoms with E-state index < -0.39 is 15.9 Å². The monoisotopic (exact) mass is 386 g/mol. The largest absolute Gasteiger partial charge is 0.379 e. The standard InChI is InChI=1S/C18H18N4O4S/c19-18(23)16-17(27(24,25)22-7-9-26-10-8-22)14-11-13(1-2-15(14)21-16)12-3-5-20-6-4-12/h1-6,11,21H,7-10H2,(H2,19,23). The van der Waals surface area contributed by atoms with Crippen molar-refractivity contribution in [2.45, 2.75) is 4.90 Å². The van der Waals surface area contributed by atoms with Crippen LogP contribution in [0.3, 0.4) is 0 Å². The molecule has 8 nitrogen and oxygen atoms in total. The fraction of sp³-hybridized carbons (Fsp3) is 0.222. The van der Waals surface area contributed by atoms with Crippen LogP contribution in [0.2, 0.25) is 0 Å². The molecule has 1 aliphatic rings. The molecule has 0 saturated carbocycles. The molecule has 0 unspecified atom stereocenters. The lowest BCUT2D eigenvalue weighted by molar-refractivity contribution is 0.0730. The summed E-state index contributed by atoms with van der Waals surface area (Å²) in [5.74, 6) is -0.816. The number of carbonyl (C=O) groups excluding carboxylic acids is 1. The summed E-state index contributed by atoms with van der Waals surface area (Å²) in [4.78, 5) is 18.7. The molecular weight excluding hydrogens is 368 g/mol. The number of primary amides is 1. The molecule has 9 heteroatoms. The molecule has 27 heavy (non-hydrogen) atoms. The smallest absolute Gasteiger partial charge is 0.266 e. The summed E-state index contributed by atoms with van der Waals surface area (Å²) in [5.41, 5.74) is 7.61. The summed E-state index contributed by atoms with van der Waals surface area (Å²) in [6.45, 7) is 1.10. The van der Waals surface area contributed by atoms with Gasteiger partial charge < -0.3 is 15.5 Å². The number of nitrogens with zero attached hydrogens (tertiary/aromatic N) is 2. The van der Waals surface area contributed by atoms with Gasteiger partial charge in [-0.2, -0.15) is 4.31 Å². The number of aromatic amines is 1. The van der Waals surface area contributed by atoms with Crippen molar-refractivity contribution in [3.05, 3.63) is 48.4 Å². The summed E-state index contributed by atoms with van der Waals surface area (Å²) in [6.07, 6.45) is 3.33. The Balaban J connectivity index is 1.94. The number of H-pyrrole nitrogens is 1. The van der Waals surface area contributed by atoms with Gasteiger partial charge in [-0.05, 0) is 35.4 Å². The van der Waals surface area contributed by atoms with Crippen LogP contribution in [0.1, 0.15) is 10.5 Å². The first kappa shape index (κ1) is 17.7. The van der Waals surface area contributed by atoms with Gasteiger partial charge in [-0.3, -0.25) is 9.78 Å². The number of hydrogen-bond donors (Lipinski definition) is 2. The van der Waals surface area contributed by atoms with Crippen molar-refractivity contribution in [1.29, 1.82) is 0 Å². The molecular formula is C18H18N4O4S. The second kappa shape index (κ2) is 6.76. The minimum Gasteiger partial charge on any atom is -0.379 e. The Hall–Kier alpha value is -2.75. The minimum absolute atomic E-state index is 0.0807. The summed E-state index contributed by atoms with van der Waals surface area (Å²) in [7, 11) is -3.91. The van der Waals surface area contributed by atoms with Crippen LogP contribution in [0.25, 0.3) is 22.0 Å². The number of hydrogen-bond acceptors (Lipinski definition) is 5. The molecule has 1 aliphatic heterocycles. The molecule has 1 fully saturated rings. The van der Waals surface area contributed by atoms with E-state index in [0.29, 0.717) is 24.1 Å². The molecule has 0 aliphatic carbocycles. The molecule has 3 N–H and O–H groups in total. The molecule has 0 spiro atoms. The summed E-state index contributed by atoms with van der Waals surface area (Å²) < 4.78 is 33.1. The number of pyridine rings is 1. The third kappa shape index (κ3) is 3.09. The van der Waals surface area contributed by atoms with E-state index in [2.05, 4.69) is 9.97 Å². The van der Waals surface area contributed by atoms with Gasteiger partial charge in [-0.25, -0.2) is 8.42 Å². The molecule has 1 saturated heterocycles. The zero-order chi connectivity index (χ0) is 19.0. The van der Waals surface area contributed by atoms with Crippen LogP contribution in [-0.2, 0) is 14.8 Å². The zero-order valence-electron chi connectivity index (χ0n) is 14.4. The average Bonchev–Trinajstić information content (AvgIpc) is 3.09. The summed E-state index contributed by atoms with van der Waals surface area (Å²) in [6, 6.07) is 9.01. The highest BCUT2D eigenvalue weighted by Gasteiger charge is 2.33. The van der Waals surface area contributed by atoms with E-state index >= 15 is 0 Å². The quantitative estimate of drug-likeness (QED) is 0.702. The Labute approximate surface area is 156 Å². The molecule has 4 rings (SSSR count). The van der Waals surface area contributed by atoms with Gasteiger partial charge in [0.25, 0.3) is 5.91 Å². The number of sulfonamides is 1. The van der Waals surface area contributed by atoms with Gasteiger partial charge in [0.2, 0.25) is 10.0 Å². The van der Waals surface area contributed by atoms with E-state index in [-0.39, 0.29) is 23.7 Å². The molecule has 0 radical (unpaired) electrons. The van der Waals surface area contributed by atoms with Crippen LogP contribution in [-0.4, -0.2) is 54.9 Å². The number of amides is 1. The second-order valence-electron chi connectivity index (χ2n) is 6.21. The minimum atomic E-state index is -3.91. The van der Waals surface area contributed by atoms with Crippen molar-refractivity contribution in [1.82, 2.24) is 14.3 Å². The Morgan fingerprint density at radius 3 is 2.48 bits per heavy atom. The maximum Gasteiger partial charge on any atom is 0.266 e. The first-order valence-corrected chi connectivity index (χ1v) is 9.86. The van der Waals surface area contributed by atoms with Crippen LogP contribution in [0.4, 0.5) is 0 Å². The molecule has 3 aromatic rings. The van der Waals surface area contributed by atoms with Crippen LogP contribution in [0, 0.1) is 0 Å². The van der Waals surface area contributed by atoms with Gasteiger partial charge in [0.15, 0.2) is 0 Å². The van der Waals surface area contributed by atoms with Crippen LogP contribution < -0.4 is 5.73 Å². The highest BCUT2D eigenvalue weighted by atomic mass is 32.2. The first-order chi connectivity index (χ1) is 13.0. The van der Waals surface area contributed by atoms with E-state index in [1.165, 1.54) is 4.31 Å². The highest BCUT2D eigenvalue weighted by molar-refractivity contribution is 7.89. The maximum atomic E-state index is 13.3. The maximum absolute atomic E-state index is 13.3. The Kier molecular flexibility index (Phi) is 4.42. The fourth-order valence-electron chi connectivity index (χ4n) is 3.25. The van der Waals surface area contributed by atoms with Crippen LogP contribution in [0.15, 0.2) is 47.6 Å². The van der Waals surface area contributed by atoms with E-state index in [1.54, 1.807) is 24.5 Å². The topological polar surface area (TPSA) is 118 Å². The lowest BCUT2D eigenvalue weighted by atomic mass is 10.1. The van der Waals surface area contributed by atoms with Crippen molar-refractivity contribution >= 4 is 26.8 Å². The number of rotatable bonds is 4. The SMILES string of the molecule is NC(=O)c1[nH]c2ccc(-c3ccncc3)cc2c1S(=O)(=O)N1CCOCC1. The van der Waals surface area contributed by atoms with E-state index in [1.807, 2.05) is 18.2 Å². The third-order valence-electron chi connectivity index (χ3n) is 4.58. The van der Waals surface area contributed by atoms with Gasteiger partial charge in [0, 0.05) is 36.4 Å². The molecule has 1 amide bonds. The normalized spacial score (nSPS) is 15.9. The van der Waals surface area contributed by atoms with Crippen molar-refractivity contribution < 1.29 is 17.9 Å². The number of ether oxygens (including phenoxy) is 1. The average molecular weight is 386 g/mol. The predicted molar refractivity (Wildman–Crippen MR) is 99.6 cm³/mol. The van der Waals surface area contributed by atoms with Crippen molar-refractivity contribution in [2.75, 3.05) is 26.3 Å². The summed E-state index contributed by atoms with van der Waals surface area (Å²) in [5, 5.41) is 0.435. The number of aromatic nitrogens is 2. The lowest BCUT2D eigenvalue weighted by Crippen LogP contribution is -2.41. The molecule has 3 heterocycles. The molecule has 0 bridgehead atoms. The van der Waals surface area contributed by atoms with Crippen molar-refractivity contribution in [2.24, 2.45) is 5.73 Å². The lowest BCUT2D eigenvalue weighted by Gasteiger charge is -2.26. The number of carbonyl (C=O) groups is 1. The Bertz CT molecular complexity index is 1100. The van der Waals surface area contributed by atoms with Crippen LogP contribution in [0.5, 0.6) is 0 Å². The third-order valence-corrected chi connectivity index (χ3v) is 6.56. The Morgan fingerprint density at radius 1 is 1.11 bits per heavy atom. The van der Waals surface area contributed by atoms with E-state index in [9.17, 15) is 13.2 Å². The second-order valence-corrected chi connectivity index (χ2v) is 8.08. The number of benzene rings is 1. The highest BCUT2D eigenvalue weighted by Crippen LogP contribution is 2.33. The van der Waals surface area contributed by atoms with Crippen LogP contribution >= 0.6 is 0 Å². The fourth-order valence-corrected chi connectivity index (χ4v) is 4.99. The van der Waals surface area contributed by atoms with Crippen molar-refractivity contribution in [3.8, 4) is 11.1 Å². The molecule has 1 aromatic carbocycles. The van der Waals surface area contributed by atoms with Gasteiger partial charge in [-0.15, -0.1) is 0 Å². The number of nitrogens with one attached hydrogen (secondary N) is 1. The summed E-state index contributed by atoms with van der Waals surface area (Å²) >= 11 is 0. The van der Waals surface area contributed by atoms with Gasteiger partial charge >= 0.3 is 0 Å². The van der Waals surface area contributed by atoms with E-state index in [4.69, 9.17) is 10.5 Å². The number of fused-ring (bicyclic) bond motifs is 1. The first-order valence-electron chi connectivity index (χ1n) is 8.42. The predicted octanol–water partition coefficient (Wildman–Crippen LogP) is 1.35. The molecule has 140 valence electrons.